The largest absolute Gasteiger partial charge is 0.369 e. The zero-order valence-electron chi connectivity index (χ0n) is 13.7. The maximum atomic E-state index is 4.49. The van der Waals surface area contributed by atoms with E-state index in [2.05, 4.69) is 64.8 Å². The average Bonchev–Trinajstić information content (AvgIpc) is 2.55. The van der Waals surface area contributed by atoms with Crippen LogP contribution in [-0.4, -0.2) is 21.7 Å². The van der Waals surface area contributed by atoms with Gasteiger partial charge >= 0.3 is 0 Å². The fraction of sp³-hybridized carbons (Fsp3) is 0.471. The van der Waals surface area contributed by atoms with Crippen molar-refractivity contribution in [3.63, 3.8) is 0 Å². The van der Waals surface area contributed by atoms with E-state index in [1.54, 1.807) is 6.20 Å². The van der Waals surface area contributed by atoms with Gasteiger partial charge in [0.25, 0.3) is 0 Å². The summed E-state index contributed by atoms with van der Waals surface area (Å²) in [6.07, 6.45) is 5.87. The number of hydrogen-bond donors (Lipinski definition) is 2. The third-order valence-corrected chi connectivity index (χ3v) is 3.63. The predicted molar refractivity (Wildman–Crippen MR) is 91.7 cm³/mol. The van der Waals surface area contributed by atoms with Gasteiger partial charge in [-0.1, -0.05) is 45.4 Å². The summed E-state index contributed by atoms with van der Waals surface area (Å²) >= 11 is 0. The standard InChI is InChI=1S/C17H25N5/c1-4-7-11-18-15-12-19-22-17(20-15)21-16-13(5-2)9-8-10-14(16)6-3/h8-10,12H,4-7,11H2,1-3H3,(H2,18,20,21,22). The van der Waals surface area contributed by atoms with Crippen molar-refractivity contribution in [3.8, 4) is 0 Å². The average molecular weight is 299 g/mol. The number of aryl methyl sites for hydroxylation is 2. The Bertz CT molecular complexity index is 575. The molecule has 22 heavy (non-hydrogen) atoms. The molecule has 0 aliphatic rings. The van der Waals surface area contributed by atoms with Gasteiger partial charge in [0.05, 0.1) is 6.20 Å². The molecular formula is C17H25N5. The number of para-hydroxylation sites is 1. The van der Waals surface area contributed by atoms with Gasteiger partial charge in [0.15, 0.2) is 5.82 Å². The van der Waals surface area contributed by atoms with Crippen molar-refractivity contribution in [2.24, 2.45) is 0 Å². The molecular weight excluding hydrogens is 274 g/mol. The van der Waals surface area contributed by atoms with Crippen LogP contribution in [0.1, 0.15) is 44.7 Å². The molecule has 118 valence electrons. The molecule has 0 fully saturated rings. The van der Waals surface area contributed by atoms with Crippen LogP contribution < -0.4 is 10.6 Å². The highest BCUT2D eigenvalue weighted by Gasteiger charge is 2.08. The quantitative estimate of drug-likeness (QED) is 0.723. The molecule has 0 bridgehead atoms. The number of rotatable bonds is 8. The Morgan fingerprint density at radius 2 is 1.77 bits per heavy atom. The second kappa shape index (κ2) is 8.32. The van der Waals surface area contributed by atoms with Crippen LogP contribution in [-0.2, 0) is 12.8 Å². The summed E-state index contributed by atoms with van der Waals surface area (Å²) in [5, 5.41) is 14.8. The van der Waals surface area contributed by atoms with E-state index in [9.17, 15) is 0 Å². The number of anilines is 3. The van der Waals surface area contributed by atoms with Crippen LogP contribution in [0.3, 0.4) is 0 Å². The number of benzene rings is 1. The van der Waals surface area contributed by atoms with Crippen LogP contribution in [0.25, 0.3) is 0 Å². The SMILES string of the molecule is CCCCNc1cnnc(Nc2c(CC)cccc2CC)n1. The topological polar surface area (TPSA) is 62.7 Å². The number of unbranched alkanes of at least 4 members (excludes halogenated alkanes) is 1. The molecule has 5 heteroatoms. The molecule has 1 aromatic heterocycles. The Labute approximate surface area is 132 Å². The van der Waals surface area contributed by atoms with Crippen LogP contribution in [0.2, 0.25) is 0 Å². The molecule has 1 aromatic carbocycles. The molecule has 0 atom stereocenters. The maximum Gasteiger partial charge on any atom is 0.249 e. The Kier molecular flexibility index (Phi) is 6.13. The summed E-state index contributed by atoms with van der Waals surface area (Å²) in [6.45, 7) is 7.38. The molecule has 0 spiro atoms. The first-order valence-electron chi connectivity index (χ1n) is 8.09. The minimum absolute atomic E-state index is 0.539. The first kappa shape index (κ1) is 16.2. The van der Waals surface area contributed by atoms with E-state index in [1.807, 2.05) is 0 Å². The van der Waals surface area contributed by atoms with E-state index >= 15 is 0 Å². The van der Waals surface area contributed by atoms with E-state index in [0.29, 0.717) is 5.95 Å². The number of nitrogens with one attached hydrogen (secondary N) is 2. The molecule has 0 saturated heterocycles. The number of hydrogen-bond acceptors (Lipinski definition) is 5. The fourth-order valence-corrected chi connectivity index (χ4v) is 2.35. The summed E-state index contributed by atoms with van der Waals surface area (Å²) < 4.78 is 0. The lowest BCUT2D eigenvalue weighted by Gasteiger charge is -2.14. The first-order valence-corrected chi connectivity index (χ1v) is 8.09. The van der Waals surface area contributed by atoms with Gasteiger partial charge in [-0.25, -0.2) is 0 Å². The molecule has 0 radical (unpaired) electrons. The molecule has 0 amide bonds. The maximum absolute atomic E-state index is 4.49. The van der Waals surface area contributed by atoms with Gasteiger partial charge in [-0.05, 0) is 30.4 Å². The number of aromatic nitrogens is 3. The van der Waals surface area contributed by atoms with Gasteiger partial charge in [-0.15, -0.1) is 5.10 Å². The lowest BCUT2D eigenvalue weighted by molar-refractivity contribution is 0.827. The van der Waals surface area contributed by atoms with Crippen molar-refractivity contribution >= 4 is 17.5 Å². The monoisotopic (exact) mass is 299 g/mol. The highest BCUT2D eigenvalue weighted by atomic mass is 15.3. The second-order valence-electron chi connectivity index (χ2n) is 5.23. The molecule has 5 nitrogen and oxygen atoms in total. The zero-order chi connectivity index (χ0) is 15.8. The minimum atomic E-state index is 0.539. The summed E-state index contributed by atoms with van der Waals surface area (Å²) in [5.74, 6) is 1.30. The van der Waals surface area contributed by atoms with Crippen LogP contribution >= 0.6 is 0 Å². The zero-order valence-corrected chi connectivity index (χ0v) is 13.7. The fourth-order valence-electron chi connectivity index (χ4n) is 2.35. The minimum Gasteiger partial charge on any atom is -0.369 e. The van der Waals surface area contributed by atoms with Crippen LogP contribution in [0.15, 0.2) is 24.4 Å². The molecule has 0 unspecified atom stereocenters. The molecule has 2 N–H and O–H groups in total. The Morgan fingerprint density at radius 3 is 2.41 bits per heavy atom. The molecule has 0 aliphatic heterocycles. The first-order chi connectivity index (χ1) is 10.8. The highest BCUT2D eigenvalue weighted by Crippen LogP contribution is 2.25. The van der Waals surface area contributed by atoms with Crippen LogP contribution in [0.5, 0.6) is 0 Å². The van der Waals surface area contributed by atoms with E-state index in [0.717, 1.165) is 43.7 Å². The Morgan fingerprint density at radius 1 is 1.05 bits per heavy atom. The summed E-state index contributed by atoms with van der Waals surface area (Å²) in [7, 11) is 0. The van der Waals surface area contributed by atoms with Crippen molar-refractivity contribution in [2.75, 3.05) is 17.2 Å². The molecule has 1 heterocycles. The molecule has 0 saturated carbocycles. The smallest absolute Gasteiger partial charge is 0.249 e. The normalized spacial score (nSPS) is 10.5. The van der Waals surface area contributed by atoms with Gasteiger partial charge in [0, 0.05) is 12.2 Å². The predicted octanol–water partition coefficient (Wildman–Crippen LogP) is 3.95. The summed E-state index contributed by atoms with van der Waals surface area (Å²) in [4.78, 5) is 4.49. The summed E-state index contributed by atoms with van der Waals surface area (Å²) in [6, 6.07) is 6.38. The van der Waals surface area contributed by atoms with Crippen molar-refractivity contribution < 1.29 is 0 Å². The summed E-state index contributed by atoms with van der Waals surface area (Å²) in [5.41, 5.74) is 3.65. The highest BCUT2D eigenvalue weighted by molar-refractivity contribution is 5.64. The van der Waals surface area contributed by atoms with Gasteiger partial charge in [-0.3, -0.25) is 0 Å². The van der Waals surface area contributed by atoms with E-state index < -0.39 is 0 Å². The van der Waals surface area contributed by atoms with E-state index in [-0.39, 0.29) is 0 Å². The van der Waals surface area contributed by atoms with Crippen molar-refractivity contribution in [2.45, 2.75) is 46.5 Å². The van der Waals surface area contributed by atoms with E-state index in [1.165, 1.54) is 11.1 Å². The molecule has 2 aromatic rings. The van der Waals surface area contributed by atoms with Crippen LogP contribution in [0, 0.1) is 0 Å². The van der Waals surface area contributed by atoms with E-state index in [4.69, 9.17) is 0 Å². The van der Waals surface area contributed by atoms with Gasteiger partial charge < -0.3 is 10.6 Å². The van der Waals surface area contributed by atoms with Crippen LogP contribution in [0.4, 0.5) is 17.5 Å². The molecule has 2 rings (SSSR count). The second-order valence-corrected chi connectivity index (χ2v) is 5.23. The van der Waals surface area contributed by atoms with Crippen molar-refractivity contribution in [3.05, 3.63) is 35.5 Å². The third-order valence-electron chi connectivity index (χ3n) is 3.63. The molecule has 0 aliphatic carbocycles. The lowest BCUT2D eigenvalue weighted by Crippen LogP contribution is -2.08. The Balaban J connectivity index is 2.18. The third kappa shape index (κ3) is 4.16. The number of nitrogens with zero attached hydrogens (tertiary/aromatic N) is 3. The lowest BCUT2D eigenvalue weighted by atomic mass is 10.0. The van der Waals surface area contributed by atoms with Crippen molar-refractivity contribution in [1.82, 2.24) is 15.2 Å². The van der Waals surface area contributed by atoms with Gasteiger partial charge in [-0.2, -0.15) is 10.1 Å². The Hall–Kier alpha value is -2.17. The van der Waals surface area contributed by atoms with Gasteiger partial charge in [0.2, 0.25) is 5.95 Å². The van der Waals surface area contributed by atoms with Gasteiger partial charge in [0.1, 0.15) is 0 Å². The van der Waals surface area contributed by atoms with Crippen molar-refractivity contribution in [1.29, 1.82) is 0 Å².